The Labute approximate surface area is 86.8 Å². The molecule has 0 aliphatic carbocycles. The summed E-state index contributed by atoms with van der Waals surface area (Å²) >= 11 is 0. The van der Waals surface area contributed by atoms with Crippen LogP contribution in [0.5, 0.6) is 0 Å². The average Bonchev–Trinajstić information content (AvgIpc) is 2.10. The zero-order valence-corrected chi connectivity index (χ0v) is 12.0. The minimum absolute atomic E-state index is 1.74. The zero-order chi connectivity index (χ0) is 11.0. The van der Waals surface area contributed by atoms with Gasteiger partial charge in [0.15, 0.2) is 0 Å². The molecule has 0 fully saturated rings. The Morgan fingerprint density at radius 1 is 0.857 bits per heavy atom. The lowest BCUT2D eigenvalue weighted by atomic mass is 11.2. The van der Waals surface area contributed by atoms with E-state index in [1.165, 1.54) is 0 Å². The summed E-state index contributed by atoms with van der Waals surface area (Å²) in [5.41, 5.74) is 6.94. The van der Waals surface area contributed by atoms with Gasteiger partial charge in [-0.25, -0.2) is 0 Å². The molecule has 0 atom stereocenters. The fraction of sp³-hybridized carbons (Fsp3) is 0.333. The predicted molar refractivity (Wildman–Crippen MR) is 58.8 cm³/mol. The van der Waals surface area contributed by atoms with Gasteiger partial charge in [-0.15, -0.1) is 0 Å². The van der Waals surface area contributed by atoms with Gasteiger partial charge in [-0.05, 0) is 0 Å². The molecule has 4 nitrogen and oxygen atoms in total. The Kier molecular flexibility index (Phi) is 2.99. The van der Waals surface area contributed by atoms with Crippen molar-refractivity contribution in [2.24, 2.45) is 0 Å². The molecule has 0 bridgehead atoms. The van der Waals surface area contributed by atoms with E-state index in [0.29, 0.717) is 0 Å². The Hall–Kier alpha value is -0.452. The fourth-order valence-electron chi connectivity index (χ4n) is 1.09. The maximum Gasteiger partial charge on any atom is 0.476 e. The molecular weight excluding hydrogens is 248 g/mol. The van der Waals surface area contributed by atoms with Crippen LogP contribution in [0.25, 0.3) is 0 Å². The van der Waals surface area contributed by atoms with E-state index in [0.717, 1.165) is 0 Å². The first-order valence-corrected chi connectivity index (χ1v) is 14.2. The van der Waals surface area contributed by atoms with Crippen LogP contribution >= 0.6 is 0 Å². The molecule has 1 aliphatic rings. The number of hydrogen-bond acceptors (Lipinski definition) is 2. The summed E-state index contributed by atoms with van der Waals surface area (Å²) in [5.74, 6) is 0. The van der Waals surface area contributed by atoms with Crippen LogP contribution in [-0.4, -0.2) is 41.7 Å². The molecule has 0 saturated heterocycles. The topological polar surface area (TPSA) is 74.6 Å². The van der Waals surface area contributed by atoms with Gasteiger partial charge in [0.25, 0.3) is 0 Å². The summed E-state index contributed by atoms with van der Waals surface area (Å²) in [7, 11) is -9.70. The van der Waals surface area contributed by atoms with E-state index in [4.69, 9.17) is 9.59 Å². The second kappa shape index (κ2) is 3.60. The Bertz CT molecular complexity index is 302. The Morgan fingerprint density at radius 3 is 1.21 bits per heavy atom. The van der Waals surface area contributed by atoms with Crippen molar-refractivity contribution in [1.82, 2.24) is 0 Å². The first-order chi connectivity index (χ1) is 6.30. The highest BCUT2D eigenvalue weighted by Crippen LogP contribution is 2.18. The van der Waals surface area contributed by atoms with E-state index < -0.39 is 32.1 Å². The normalized spacial score (nSPS) is 35.6. The summed E-state index contributed by atoms with van der Waals surface area (Å²) in [6.45, 7) is 3.56. The van der Waals surface area contributed by atoms with Crippen molar-refractivity contribution in [1.29, 1.82) is 0 Å². The zero-order valence-electron chi connectivity index (χ0n) is 8.02. The van der Waals surface area contributed by atoms with Crippen LogP contribution in [0.3, 0.4) is 0 Å². The molecular formula is C6H12O4Si4. The van der Waals surface area contributed by atoms with Crippen LogP contribution in [0, 0.1) is 0 Å². The molecule has 0 radical (unpaired) electrons. The lowest BCUT2D eigenvalue weighted by Crippen LogP contribution is -2.48. The molecule has 0 aromatic rings. The summed E-state index contributed by atoms with van der Waals surface area (Å²) in [6, 6.07) is 0. The molecule has 1 rings (SSSR count). The highest BCUT2D eigenvalue weighted by atomic mass is 29.2. The summed E-state index contributed by atoms with van der Waals surface area (Å²) in [4.78, 5) is 18.3. The van der Waals surface area contributed by atoms with Crippen LogP contribution in [0.1, 0.15) is 0 Å². The lowest BCUT2D eigenvalue weighted by Gasteiger charge is -2.21. The van der Waals surface area contributed by atoms with Gasteiger partial charge in [-0.3, -0.25) is 0 Å². The monoisotopic (exact) mass is 260 g/mol. The standard InChI is InChI=1S/C6H12O4Si4/c1-13(11(7)8)3-5-14(2,6-4-13)12(9)10/h3-7,9H,1-2H3. The van der Waals surface area contributed by atoms with Gasteiger partial charge in [0, 0.05) is 0 Å². The van der Waals surface area contributed by atoms with Gasteiger partial charge >= 0.3 is 16.9 Å². The predicted octanol–water partition coefficient (Wildman–Crippen LogP) is -0.595. The van der Waals surface area contributed by atoms with Gasteiger partial charge in [-0.1, -0.05) is 35.9 Å². The smallest absolute Gasteiger partial charge is 0.476 e. The van der Waals surface area contributed by atoms with Crippen molar-refractivity contribution in [2.45, 2.75) is 13.1 Å². The molecule has 0 aromatic heterocycles. The number of hydrogen-bond donors (Lipinski definition) is 2. The van der Waals surface area contributed by atoms with Crippen LogP contribution < -0.4 is 0 Å². The quantitative estimate of drug-likeness (QED) is 0.651. The molecule has 0 unspecified atom stereocenters. The number of rotatable bonds is 2. The Morgan fingerprint density at radius 2 is 1.07 bits per heavy atom. The van der Waals surface area contributed by atoms with Crippen molar-refractivity contribution >= 4 is 32.1 Å². The molecule has 0 amide bonds. The molecule has 14 heavy (non-hydrogen) atoms. The second-order valence-electron chi connectivity index (χ2n) is 3.84. The SMILES string of the molecule is C[Si]1([Si](=O)O)C=C[Si](C)([Si](=O)O)C=C1. The molecule has 0 saturated carbocycles. The van der Waals surface area contributed by atoms with Crippen molar-refractivity contribution in [2.75, 3.05) is 0 Å². The molecule has 76 valence electrons. The average molecular weight is 261 g/mol. The van der Waals surface area contributed by atoms with Crippen molar-refractivity contribution < 1.29 is 18.5 Å². The van der Waals surface area contributed by atoms with Crippen LogP contribution in [0.2, 0.25) is 13.1 Å². The van der Waals surface area contributed by atoms with Gasteiger partial charge in [0.05, 0.1) is 0 Å². The molecule has 2 N–H and O–H groups in total. The summed E-state index contributed by atoms with van der Waals surface area (Å²) in [6.07, 6.45) is 0. The van der Waals surface area contributed by atoms with Gasteiger partial charge in [0.2, 0.25) is 15.2 Å². The maximum absolute atomic E-state index is 11.1. The minimum Gasteiger partial charge on any atom is -0.542 e. The van der Waals surface area contributed by atoms with Crippen molar-refractivity contribution in [3.8, 4) is 0 Å². The lowest BCUT2D eigenvalue weighted by molar-refractivity contribution is 0.464. The van der Waals surface area contributed by atoms with Crippen LogP contribution in [0.15, 0.2) is 22.8 Å². The van der Waals surface area contributed by atoms with E-state index in [-0.39, 0.29) is 0 Å². The van der Waals surface area contributed by atoms with Gasteiger partial charge in [0.1, 0.15) is 0 Å². The molecule has 8 heteroatoms. The molecule has 1 aliphatic heterocycles. The highest BCUT2D eigenvalue weighted by molar-refractivity contribution is 7.35. The van der Waals surface area contributed by atoms with E-state index in [2.05, 4.69) is 0 Å². The van der Waals surface area contributed by atoms with E-state index in [1.807, 2.05) is 0 Å². The summed E-state index contributed by atoms with van der Waals surface area (Å²) < 4.78 is 22.2. The first-order valence-electron chi connectivity index (χ1n) is 4.18. The maximum atomic E-state index is 11.1. The van der Waals surface area contributed by atoms with Gasteiger partial charge in [-0.2, -0.15) is 0 Å². The molecule has 0 spiro atoms. The van der Waals surface area contributed by atoms with E-state index in [1.54, 1.807) is 35.9 Å². The third-order valence-corrected chi connectivity index (χ3v) is 15.9. The third kappa shape index (κ3) is 1.97. The fourth-order valence-corrected chi connectivity index (χ4v) is 12.1. The summed E-state index contributed by atoms with van der Waals surface area (Å²) in [5, 5.41) is 0. The largest absolute Gasteiger partial charge is 0.542 e. The van der Waals surface area contributed by atoms with Crippen LogP contribution in [0.4, 0.5) is 0 Å². The highest BCUT2D eigenvalue weighted by Gasteiger charge is 2.43. The van der Waals surface area contributed by atoms with Crippen molar-refractivity contribution in [3.05, 3.63) is 22.8 Å². The molecule has 0 aromatic carbocycles. The first kappa shape index (κ1) is 11.6. The Balaban J connectivity index is 3.01. The van der Waals surface area contributed by atoms with E-state index >= 15 is 0 Å². The van der Waals surface area contributed by atoms with Gasteiger partial charge < -0.3 is 18.5 Å². The second-order valence-corrected chi connectivity index (χ2v) is 20.6. The molecule has 1 heterocycles. The third-order valence-electron chi connectivity index (χ3n) is 2.47. The van der Waals surface area contributed by atoms with E-state index in [9.17, 15) is 8.92 Å². The van der Waals surface area contributed by atoms with Crippen LogP contribution in [-0.2, 0) is 8.92 Å². The minimum atomic E-state index is -2.54. The van der Waals surface area contributed by atoms with Crippen molar-refractivity contribution in [3.63, 3.8) is 0 Å².